The second-order valence-electron chi connectivity index (χ2n) is 7.04. The number of rotatable bonds is 9. The number of hydrogen-bond acceptors (Lipinski definition) is 4. The molecule has 0 fully saturated rings. The van der Waals surface area contributed by atoms with Crippen molar-refractivity contribution >= 4 is 28.6 Å². The zero-order valence-electron chi connectivity index (χ0n) is 17.5. The van der Waals surface area contributed by atoms with Crippen LogP contribution in [0, 0.1) is 0 Å². The van der Waals surface area contributed by atoms with E-state index in [1.807, 2.05) is 43.5 Å². The maximum Gasteiger partial charge on any atom is 0.340 e. The predicted molar refractivity (Wildman–Crippen MR) is 118 cm³/mol. The van der Waals surface area contributed by atoms with Crippen LogP contribution < -0.4 is 10.2 Å². The minimum Gasteiger partial charge on any atom is -0.462 e. The number of nitrogens with one attached hydrogen (secondary N) is 1. The lowest BCUT2D eigenvalue weighted by Gasteiger charge is -2.17. The zero-order valence-corrected chi connectivity index (χ0v) is 17.5. The van der Waals surface area contributed by atoms with Crippen LogP contribution in [0.5, 0.6) is 0 Å². The summed E-state index contributed by atoms with van der Waals surface area (Å²) in [4.78, 5) is 30.0. The van der Waals surface area contributed by atoms with Crippen molar-refractivity contribution in [3.63, 3.8) is 0 Å². The lowest BCUT2D eigenvalue weighted by molar-refractivity contribution is 0.0528. The molecule has 0 atom stereocenters. The molecule has 1 aromatic carbocycles. The summed E-state index contributed by atoms with van der Waals surface area (Å²) in [5.41, 5.74) is 2.40. The number of benzene rings is 1. The molecule has 0 aliphatic carbocycles. The van der Waals surface area contributed by atoms with Gasteiger partial charge in [0.1, 0.15) is 0 Å². The van der Waals surface area contributed by atoms with Gasteiger partial charge in [0.2, 0.25) is 0 Å². The van der Waals surface area contributed by atoms with Gasteiger partial charge in [-0.1, -0.05) is 18.2 Å². The highest BCUT2D eigenvalue weighted by Crippen LogP contribution is 2.22. The monoisotopic (exact) mass is 408 g/mol. The van der Waals surface area contributed by atoms with Crippen LogP contribution in [0.15, 0.2) is 55.0 Å². The Morgan fingerprint density at radius 1 is 1.13 bits per heavy atom. The van der Waals surface area contributed by atoms with E-state index in [2.05, 4.69) is 14.9 Å². The minimum atomic E-state index is -0.284. The first-order valence-corrected chi connectivity index (χ1v) is 10.3. The van der Waals surface area contributed by atoms with Crippen LogP contribution >= 0.6 is 0 Å². The van der Waals surface area contributed by atoms with Crippen LogP contribution in [0.2, 0.25) is 0 Å². The number of esters is 1. The first-order chi connectivity index (χ1) is 14.6. The number of urea groups is 1. The smallest absolute Gasteiger partial charge is 0.340 e. The van der Waals surface area contributed by atoms with Crippen molar-refractivity contribution < 1.29 is 14.3 Å². The third kappa shape index (κ3) is 5.17. The van der Waals surface area contributed by atoms with Crippen molar-refractivity contribution in [1.82, 2.24) is 14.9 Å². The summed E-state index contributed by atoms with van der Waals surface area (Å²) in [5, 5.41) is 3.85. The number of nitrogens with zero attached hydrogens (tertiary/aromatic N) is 3. The highest BCUT2D eigenvalue weighted by molar-refractivity contribution is 6.04. The third-order valence-corrected chi connectivity index (χ3v) is 4.97. The number of carbonyl (C=O) groups excluding carboxylic acids is 2. The topological polar surface area (TPSA) is 76.5 Å². The number of para-hydroxylation sites is 1. The van der Waals surface area contributed by atoms with E-state index in [0.29, 0.717) is 18.7 Å². The molecule has 2 aromatic heterocycles. The van der Waals surface area contributed by atoms with Crippen molar-refractivity contribution in [1.29, 1.82) is 0 Å². The highest BCUT2D eigenvalue weighted by Gasteiger charge is 2.15. The summed E-state index contributed by atoms with van der Waals surface area (Å²) >= 11 is 0. The van der Waals surface area contributed by atoms with E-state index < -0.39 is 0 Å². The number of aromatic nitrogens is 2. The molecule has 0 unspecified atom stereocenters. The molecule has 0 radical (unpaired) electrons. The van der Waals surface area contributed by atoms with E-state index in [0.717, 1.165) is 42.4 Å². The van der Waals surface area contributed by atoms with Crippen molar-refractivity contribution in [2.75, 3.05) is 25.1 Å². The van der Waals surface area contributed by atoms with E-state index in [-0.39, 0.29) is 12.0 Å². The van der Waals surface area contributed by atoms with Crippen LogP contribution in [-0.2, 0) is 11.3 Å². The summed E-state index contributed by atoms with van der Waals surface area (Å²) in [6.07, 6.45) is 8.03. The highest BCUT2D eigenvalue weighted by atomic mass is 16.5. The van der Waals surface area contributed by atoms with Gasteiger partial charge in [-0.2, -0.15) is 0 Å². The lowest BCUT2D eigenvalue weighted by atomic mass is 10.2. The maximum absolute atomic E-state index is 12.2. The Bertz CT molecular complexity index is 985. The molecule has 7 nitrogen and oxygen atoms in total. The van der Waals surface area contributed by atoms with Gasteiger partial charge in [-0.25, -0.2) is 9.59 Å². The molecule has 0 spiro atoms. The summed E-state index contributed by atoms with van der Waals surface area (Å²) in [5.74, 6) is -0.284. The molecular formula is C23H28N4O3. The van der Waals surface area contributed by atoms with Gasteiger partial charge in [0.25, 0.3) is 0 Å². The van der Waals surface area contributed by atoms with E-state index >= 15 is 0 Å². The molecule has 3 aromatic rings. The number of anilines is 1. The van der Waals surface area contributed by atoms with Crippen LogP contribution in [-0.4, -0.2) is 41.8 Å². The van der Waals surface area contributed by atoms with Crippen LogP contribution in [0.4, 0.5) is 10.5 Å². The number of amides is 2. The number of aryl methyl sites for hydroxylation is 1. The molecule has 1 N–H and O–H groups in total. The first kappa shape index (κ1) is 21.4. The first-order valence-electron chi connectivity index (χ1n) is 10.3. The number of ether oxygens (including phenoxy) is 1. The Morgan fingerprint density at radius 3 is 2.73 bits per heavy atom. The SMILES string of the molecule is CCOC(=O)c1cn(CCCCCNC(=O)N(C)c2cccnc2)c2ccccc12. The van der Waals surface area contributed by atoms with Gasteiger partial charge in [-0.05, 0) is 44.4 Å². The molecular weight excluding hydrogens is 380 g/mol. The van der Waals surface area contributed by atoms with E-state index in [1.54, 1.807) is 30.4 Å². The third-order valence-electron chi connectivity index (χ3n) is 4.97. The molecule has 2 heterocycles. The fraction of sp³-hybridized carbons (Fsp3) is 0.348. The summed E-state index contributed by atoms with van der Waals surface area (Å²) < 4.78 is 7.29. The number of carbonyl (C=O) groups is 2. The molecule has 30 heavy (non-hydrogen) atoms. The molecule has 7 heteroatoms. The minimum absolute atomic E-state index is 0.140. The summed E-state index contributed by atoms with van der Waals surface area (Å²) in [6.45, 7) is 3.60. The average Bonchev–Trinajstić information content (AvgIpc) is 3.15. The van der Waals surface area contributed by atoms with Gasteiger partial charge < -0.3 is 14.6 Å². The van der Waals surface area contributed by atoms with Crippen LogP contribution in [0.1, 0.15) is 36.5 Å². The van der Waals surface area contributed by atoms with E-state index in [4.69, 9.17) is 4.74 Å². The van der Waals surface area contributed by atoms with Gasteiger partial charge in [0.15, 0.2) is 0 Å². The number of hydrogen-bond donors (Lipinski definition) is 1. The molecule has 0 aliphatic rings. The molecule has 0 saturated heterocycles. The normalized spacial score (nSPS) is 10.7. The van der Waals surface area contributed by atoms with Gasteiger partial charge >= 0.3 is 12.0 Å². The Balaban J connectivity index is 1.46. The zero-order chi connectivity index (χ0) is 21.3. The Hall–Kier alpha value is -3.35. The predicted octanol–water partition coefficient (Wildman–Crippen LogP) is 4.23. The van der Waals surface area contributed by atoms with Gasteiger partial charge in [-0.15, -0.1) is 0 Å². The summed E-state index contributed by atoms with van der Waals surface area (Å²) in [6, 6.07) is 11.4. The second kappa shape index (κ2) is 10.4. The average molecular weight is 409 g/mol. The molecule has 0 aliphatic heterocycles. The Labute approximate surface area is 176 Å². The fourth-order valence-corrected chi connectivity index (χ4v) is 3.37. The van der Waals surface area contributed by atoms with Crippen LogP contribution in [0.3, 0.4) is 0 Å². The van der Waals surface area contributed by atoms with Crippen molar-refractivity contribution in [2.24, 2.45) is 0 Å². The van der Waals surface area contributed by atoms with Crippen molar-refractivity contribution in [3.8, 4) is 0 Å². The molecule has 0 bridgehead atoms. The number of fused-ring (bicyclic) bond motifs is 1. The maximum atomic E-state index is 12.2. The molecule has 0 saturated carbocycles. The molecule has 158 valence electrons. The summed E-state index contributed by atoms with van der Waals surface area (Å²) in [7, 11) is 1.73. The van der Waals surface area contributed by atoms with Crippen LogP contribution in [0.25, 0.3) is 10.9 Å². The quantitative estimate of drug-likeness (QED) is 0.425. The lowest BCUT2D eigenvalue weighted by Crippen LogP contribution is -2.37. The Morgan fingerprint density at radius 2 is 1.97 bits per heavy atom. The fourth-order valence-electron chi connectivity index (χ4n) is 3.37. The largest absolute Gasteiger partial charge is 0.462 e. The van der Waals surface area contributed by atoms with Gasteiger partial charge in [0, 0.05) is 43.4 Å². The van der Waals surface area contributed by atoms with Crippen molar-refractivity contribution in [2.45, 2.75) is 32.7 Å². The van der Waals surface area contributed by atoms with Crippen molar-refractivity contribution in [3.05, 3.63) is 60.6 Å². The van der Waals surface area contributed by atoms with E-state index in [9.17, 15) is 9.59 Å². The Kier molecular flexibility index (Phi) is 7.43. The van der Waals surface area contributed by atoms with E-state index in [1.165, 1.54) is 0 Å². The second-order valence-corrected chi connectivity index (χ2v) is 7.04. The number of pyridine rings is 1. The number of unbranched alkanes of at least 4 members (excludes halogenated alkanes) is 2. The molecule has 2 amide bonds. The standard InChI is InChI=1S/C23H28N4O3/c1-3-30-22(28)20-17-27(21-12-6-5-11-19(20)21)15-8-4-7-14-25-23(29)26(2)18-10-9-13-24-16-18/h5-6,9-13,16-17H,3-4,7-8,14-15H2,1-2H3,(H,25,29). The van der Waals surface area contributed by atoms with Gasteiger partial charge in [0.05, 0.1) is 24.1 Å². The van der Waals surface area contributed by atoms with Gasteiger partial charge in [-0.3, -0.25) is 9.88 Å². The molecule has 3 rings (SSSR count).